The molecule has 118 valence electrons. The zero-order chi connectivity index (χ0) is 15.9. The summed E-state index contributed by atoms with van der Waals surface area (Å²) in [6.45, 7) is 4.63. The summed E-state index contributed by atoms with van der Waals surface area (Å²) < 4.78 is 5.14. The molecule has 2 heterocycles. The number of hydrogen-bond donors (Lipinski definition) is 1. The lowest BCUT2D eigenvalue weighted by Gasteiger charge is -2.21. The first-order valence-corrected chi connectivity index (χ1v) is 7.96. The monoisotopic (exact) mass is 321 g/mol. The predicted molar refractivity (Wildman–Crippen MR) is 84.8 cm³/mol. The van der Waals surface area contributed by atoms with Gasteiger partial charge in [0.1, 0.15) is 6.54 Å². The summed E-state index contributed by atoms with van der Waals surface area (Å²) in [5.74, 6) is 0.137. The molecule has 6 nitrogen and oxygen atoms in total. The van der Waals surface area contributed by atoms with Gasteiger partial charge in [0.15, 0.2) is 10.9 Å². The zero-order valence-corrected chi connectivity index (χ0v) is 13.4. The first-order chi connectivity index (χ1) is 10.6. The van der Waals surface area contributed by atoms with Gasteiger partial charge in [0.2, 0.25) is 5.91 Å². The molecule has 2 rings (SSSR count). The maximum Gasteiger partial charge on any atom is 0.290 e. The molecule has 0 spiro atoms. The number of nitrogens with one attached hydrogen (secondary N) is 1. The fraction of sp³-hybridized carbons (Fsp3) is 0.400. The van der Waals surface area contributed by atoms with Gasteiger partial charge < -0.3 is 14.6 Å². The normalized spacial score (nSPS) is 10.7. The molecule has 2 aromatic rings. The van der Waals surface area contributed by atoms with Crippen molar-refractivity contribution in [1.29, 1.82) is 0 Å². The topological polar surface area (TPSA) is 75.4 Å². The molecule has 0 bridgehead atoms. The van der Waals surface area contributed by atoms with E-state index in [1.807, 2.05) is 0 Å². The second kappa shape index (κ2) is 7.74. The summed E-state index contributed by atoms with van der Waals surface area (Å²) in [5, 5.41) is 4.99. The highest BCUT2D eigenvalue weighted by atomic mass is 32.1. The van der Waals surface area contributed by atoms with Gasteiger partial charge in [-0.3, -0.25) is 9.59 Å². The molecule has 7 heteroatoms. The van der Waals surface area contributed by atoms with Gasteiger partial charge in [0.25, 0.3) is 5.91 Å². The van der Waals surface area contributed by atoms with Crippen molar-refractivity contribution in [3.05, 3.63) is 35.7 Å². The maximum atomic E-state index is 12.4. The van der Waals surface area contributed by atoms with Gasteiger partial charge in [0.05, 0.1) is 6.26 Å². The van der Waals surface area contributed by atoms with Crippen LogP contribution in [0.3, 0.4) is 0 Å². The lowest BCUT2D eigenvalue weighted by atomic mass is 10.1. The fourth-order valence-corrected chi connectivity index (χ4v) is 2.38. The van der Waals surface area contributed by atoms with E-state index in [1.165, 1.54) is 22.5 Å². The average molecular weight is 321 g/mol. The van der Waals surface area contributed by atoms with Gasteiger partial charge in [-0.15, -0.1) is 11.3 Å². The molecule has 0 fully saturated rings. The molecule has 0 aliphatic heterocycles. The van der Waals surface area contributed by atoms with Crippen molar-refractivity contribution in [2.24, 2.45) is 5.92 Å². The number of hydrogen-bond acceptors (Lipinski definition) is 5. The van der Waals surface area contributed by atoms with E-state index in [-0.39, 0.29) is 24.1 Å². The summed E-state index contributed by atoms with van der Waals surface area (Å²) in [4.78, 5) is 30.0. The van der Waals surface area contributed by atoms with Gasteiger partial charge in [-0.2, -0.15) is 0 Å². The van der Waals surface area contributed by atoms with Crippen molar-refractivity contribution < 1.29 is 14.0 Å². The number of carbonyl (C=O) groups excluding carboxylic acids is 2. The Morgan fingerprint density at radius 1 is 1.45 bits per heavy atom. The van der Waals surface area contributed by atoms with Gasteiger partial charge in [-0.1, -0.05) is 13.8 Å². The SMILES string of the molecule is CC(C)CCN(CC(=O)Nc1nccs1)C(=O)c1ccco1. The minimum Gasteiger partial charge on any atom is -0.459 e. The quantitative estimate of drug-likeness (QED) is 0.851. The number of nitrogens with zero attached hydrogens (tertiary/aromatic N) is 2. The molecule has 0 atom stereocenters. The second-order valence-electron chi connectivity index (χ2n) is 5.27. The molecule has 0 unspecified atom stereocenters. The van der Waals surface area contributed by atoms with Crippen LogP contribution in [0.15, 0.2) is 34.4 Å². The van der Waals surface area contributed by atoms with E-state index >= 15 is 0 Å². The lowest BCUT2D eigenvalue weighted by molar-refractivity contribution is -0.116. The zero-order valence-electron chi connectivity index (χ0n) is 12.6. The van der Waals surface area contributed by atoms with Crippen LogP contribution in [-0.4, -0.2) is 34.8 Å². The molecular formula is C15H19N3O3S. The van der Waals surface area contributed by atoms with Crippen LogP contribution in [0.2, 0.25) is 0 Å². The van der Waals surface area contributed by atoms with Crippen LogP contribution in [-0.2, 0) is 4.79 Å². The van der Waals surface area contributed by atoms with E-state index in [4.69, 9.17) is 4.42 Å². The Labute approximate surface area is 133 Å². The number of thiazole rings is 1. The fourth-order valence-electron chi connectivity index (χ4n) is 1.84. The minimum absolute atomic E-state index is 0.0220. The predicted octanol–water partition coefficient (Wildman–Crippen LogP) is 2.86. The van der Waals surface area contributed by atoms with Crippen molar-refractivity contribution in [2.75, 3.05) is 18.4 Å². The van der Waals surface area contributed by atoms with Crippen LogP contribution in [0.4, 0.5) is 5.13 Å². The largest absolute Gasteiger partial charge is 0.459 e. The molecular weight excluding hydrogens is 302 g/mol. The Morgan fingerprint density at radius 3 is 2.86 bits per heavy atom. The first kappa shape index (κ1) is 16.2. The van der Waals surface area contributed by atoms with Crippen molar-refractivity contribution >= 4 is 28.3 Å². The molecule has 0 aliphatic carbocycles. The summed E-state index contributed by atoms with van der Waals surface area (Å²) >= 11 is 1.34. The van der Waals surface area contributed by atoms with Gasteiger partial charge in [-0.05, 0) is 24.5 Å². The summed E-state index contributed by atoms with van der Waals surface area (Å²) in [7, 11) is 0. The molecule has 22 heavy (non-hydrogen) atoms. The molecule has 0 saturated heterocycles. The molecule has 1 N–H and O–H groups in total. The minimum atomic E-state index is -0.278. The van der Waals surface area contributed by atoms with Gasteiger partial charge >= 0.3 is 0 Å². The molecule has 0 aromatic carbocycles. The van der Waals surface area contributed by atoms with Crippen LogP contribution in [0.5, 0.6) is 0 Å². The Hall–Kier alpha value is -2.15. The van der Waals surface area contributed by atoms with E-state index < -0.39 is 0 Å². The Morgan fingerprint density at radius 2 is 2.27 bits per heavy atom. The standard InChI is InChI=1S/C15H19N3O3S/c1-11(2)5-7-18(14(20)12-4-3-8-21-12)10-13(19)17-15-16-6-9-22-15/h3-4,6,8-9,11H,5,7,10H2,1-2H3,(H,16,17,19). The van der Waals surface area contributed by atoms with Crippen LogP contribution < -0.4 is 5.32 Å². The maximum absolute atomic E-state index is 12.4. The van der Waals surface area contributed by atoms with Gasteiger partial charge in [0, 0.05) is 18.1 Å². The molecule has 0 aliphatic rings. The molecule has 0 radical (unpaired) electrons. The molecule has 2 aromatic heterocycles. The van der Waals surface area contributed by atoms with Gasteiger partial charge in [-0.25, -0.2) is 4.98 Å². The third-order valence-electron chi connectivity index (χ3n) is 3.01. The Kier molecular flexibility index (Phi) is 5.71. The third kappa shape index (κ3) is 4.70. The summed E-state index contributed by atoms with van der Waals surface area (Å²) in [6.07, 6.45) is 3.88. The van der Waals surface area contributed by atoms with E-state index in [1.54, 1.807) is 23.7 Å². The van der Waals surface area contributed by atoms with Crippen LogP contribution in [0.25, 0.3) is 0 Å². The summed E-state index contributed by atoms with van der Waals surface area (Å²) in [5.41, 5.74) is 0. The third-order valence-corrected chi connectivity index (χ3v) is 3.70. The highest BCUT2D eigenvalue weighted by Gasteiger charge is 2.21. The first-order valence-electron chi connectivity index (χ1n) is 7.08. The van der Waals surface area contributed by atoms with E-state index in [2.05, 4.69) is 24.1 Å². The van der Waals surface area contributed by atoms with Crippen LogP contribution >= 0.6 is 11.3 Å². The Balaban J connectivity index is 2.00. The average Bonchev–Trinajstić information content (AvgIpc) is 3.15. The highest BCUT2D eigenvalue weighted by molar-refractivity contribution is 7.13. The Bertz CT molecular complexity index is 594. The number of rotatable bonds is 7. The number of carbonyl (C=O) groups is 2. The van der Waals surface area contributed by atoms with Crippen molar-refractivity contribution in [3.63, 3.8) is 0 Å². The van der Waals surface area contributed by atoms with E-state index in [0.717, 1.165) is 6.42 Å². The second-order valence-corrected chi connectivity index (χ2v) is 6.17. The lowest BCUT2D eigenvalue weighted by Crippen LogP contribution is -2.39. The number of furan rings is 1. The van der Waals surface area contributed by atoms with E-state index in [9.17, 15) is 9.59 Å². The van der Waals surface area contributed by atoms with Crippen LogP contribution in [0, 0.1) is 5.92 Å². The number of aromatic nitrogens is 1. The number of amides is 2. The van der Waals surface area contributed by atoms with Crippen molar-refractivity contribution in [2.45, 2.75) is 20.3 Å². The van der Waals surface area contributed by atoms with E-state index in [0.29, 0.717) is 17.6 Å². The molecule has 2 amide bonds. The highest BCUT2D eigenvalue weighted by Crippen LogP contribution is 2.12. The smallest absolute Gasteiger partial charge is 0.290 e. The van der Waals surface area contributed by atoms with Crippen molar-refractivity contribution in [1.82, 2.24) is 9.88 Å². The van der Waals surface area contributed by atoms with Crippen molar-refractivity contribution in [3.8, 4) is 0 Å². The number of anilines is 1. The van der Waals surface area contributed by atoms with Crippen LogP contribution in [0.1, 0.15) is 30.8 Å². The molecule has 0 saturated carbocycles. The summed E-state index contributed by atoms with van der Waals surface area (Å²) in [6, 6.07) is 3.26.